The van der Waals surface area contributed by atoms with Crippen LogP contribution >= 0.6 is 11.6 Å². The highest BCUT2D eigenvalue weighted by molar-refractivity contribution is 6.17. The Morgan fingerprint density at radius 1 is 0.952 bits per heavy atom. The number of unbranched alkanes of at least 4 members (excludes halogenated alkanes) is 3. The Labute approximate surface area is 133 Å². The predicted molar refractivity (Wildman–Crippen MR) is 85.1 cm³/mol. The molecule has 0 radical (unpaired) electrons. The summed E-state index contributed by atoms with van der Waals surface area (Å²) in [6, 6.07) is 0. The number of rotatable bonds is 12. The number of carbonyl (C=O) groups is 1. The van der Waals surface area contributed by atoms with E-state index in [0.29, 0.717) is 26.4 Å². The van der Waals surface area contributed by atoms with Gasteiger partial charge in [0.05, 0.1) is 19.8 Å². The minimum Gasteiger partial charge on any atom is -0.444 e. The van der Waals surface area contributed by atoms with Crippen LogP contribution < -0.4 is 5.32 Å². The second kappa shape index (κ2) is 13.2. The van der Waals surface area contributed by atoms with Crippen LogP contribution in [-0.4, -0.2) is 50.5 Å². The highest BCUT2D eigenvalue weighted by Gasteiger charge is 2.15. The minimum atomic E-state index is -0.470. The average molecular weight is 324 g/mol. The Balaban J connectivity index is 3.17. The van der Waals surface area contributed by atoms with E-state index in [2.05, 4.69) is 5.32 Å². The Hall–Kier alpha value is -0.520. The summed E-state index contributed by atoms with van der Waals surface area (Å²) in [6.45, 7) is 8.27. The molecule has 0 fully saturated rings. The number of alkyl halides is 1. The summed E-state index contributed by atoms with van der Waals surface area (Å²) in [7, 11) is 0. The maximum atomic E-state index is 11.3. The third-order valence-electron chi connectivity index (χ3n) is 2.46. The van der Waals surface area contributed by atoms with E-state index in [0.717, 1.165) is 31.7 Å². The van der Waals surface area contributed by atoms with Gasteiger partial charge in [0.15, 0.2) is 0 Å². The molecule has 0 atom stereocenters. The number of carbonyl (C=O) groups excluding carboxylic acids is 1. The largest absolute Gasteiger partial charge is 0.444 e. The molecule has 1 N–H and O–H groups in total. The third-order valence-corrected chi connectivity index (χ3v) is 2.73. The van der Waals surface area contributed by atoms with E-state index in [1.165, 1.54) is 6.42 Å². The van der Waals surface area contributed by atoms with Gasteiger partial charge in [0.2, 0.25) is 0 Å². The van der Waals surface area contributed by atoms with Gasteiger partial charge in [-0.25, -0.2) is 4.79 Å². The van der Waals surface area contributed by atoms with Crippen molar-refractivity contribution >= 4 is 17.7 Å². The number of hydrogen-bond acceptors (Lipinski definition) is 4. The fraction of sp³-hybridized carbons (Fsp3) is 0.933. The van der Waals surface area contributed by atoms with Crippen LogP contribution in [0.3, 0.4) is 0 Å². The van der Waals surface area contributed by atoms with Crippen LogP contribution in [0.1, 0.15) is 46.5 Å². The van der Waals surface area contributed by atoms with Gasteiger partial charge in [0, 0.05) is 19.0 Å². The molecule has 0 aliphatic rings. The monoisotopic (exact) mass is 323 g/mol. The number of halogens is 1. The highest BCUT2D eigenvalue weighted by Crippen LogP contribution is 2.06. The van der Waals surface area contributed by atoms with Crippen molar-refractivity contribution < 1.29 is 19.0 Å². The van der Waals surface area contributed by atoms with Gasteiger partial charge in [0.1, 0.15) is 5.60 Å². The maximum absolute atomic E-state index is 11.3. The molecular formula is C15H30ClNO4. The Bertz CT molecular complexity index is 257. The van der Waals surface area contributed by atoms with Crippen molar-refractivity contribution in [3.8, 4) is 0 Å². The van der Waals surface area contributed by atoms with Crippen LogP contribution in [-0.2, 0) is 14.2 Å². The first-order valence-electron chi connectivity index (χ1n) is 7.64. The van der Waals surface area contributed by atoms with Gasteiger partial charge >= 0.3 is 6.09 Å². The first-order valence-corrected chi connectivity index (χ1v) is 8.17. The van der Waals surface area contributed by atoms with E-state index in [9.17, 15) is 4.79 Å². The van der Waals surface area contributed by atoms with E-state index in [-0.39, 0.29) is 0 Å². The molecule has 0 unspecified atom stereocenters. The first-order chi connectivity index (χ1) is 9.95. The molecular weight excluding hydrogens is 294 g/mol. The van der Waals surface area contributed by atoms with Crippen LogP contribution in [0.25, 0.3) is 0 Å². The van der Waals surface area contributed by atoms with Crippen molar-refractivity contribution in [1.29, 1.82) is 0 Å². The summed E-state index contributed by atoms with van der Waals surface area (Å²) < 4.78 is 15.9. The standard InChI is InChI=1S/C15H30ClNO4/c1-15(2,3)21-14(18)17-9-11-20-13-12-19-10-7-5-4-6-8-16/h4-13H2,1-3H3,(H,17,18). The zero-order valence-electron chi connectivity index (χ0n) is 13.6. The summed E-state index contributed by atoms with van der Waals surface area (Å²) in [5.74, 6) is 0.742. The van der Waals surface area contributed by atoms with Crippen molar-refractivity contribution in [3.63, 3.8) is 0 Å². The summed E-state index contributed by atoms with van der Waals surface area (Å²) in [6.07, 6.45) is 4.05. The number of hydrogen-bond donors (Lipinski definition) is 1. The summed E-state index contributed by atoms with van der Waals surface area (Å²) >= 11 is 5.59. The first kappa shape index (κ1) is 20.5. The molecule has 0 aromatic carbocycles. The highest BCUT2D eigenvalue weighted by atomic mass is 35.5. The Kier molecular flexibility index (Phi) is 12.8. The Morgan fingerprint density at radius 2 is 1.57 bits per heavy atom. The molecule has 0 saturated heterocycles. The lowest BCUT2D eigenvalue weighted by Crippen LogP contribution is -2.34. The van der Waals surface area contributed by atoms with Gasteiger partial charge in [-0.1, -0.05) is 12.8 Å². The number of ether oxygens (including phenoxy) is 3. The molecule has 0 spiro atoms. The van der Waals surface area contributed by atoms with Gasteiger partial charge in [-0.15, -0.1) is 11.6 Å². The molecule has 21 heavy (non-hydrogen) atoms. The zero-order chi connectivity index (χ0) is 16.0. The van der Waals surface area contributed by atoms with Gasteiger partial charge in [-0.3, -0.25) is 0 Å². The van der Waals surface area contributed by atoms with Crippen LogP contribution in [0.4, 0.5) is 4.79 Å². The number of nitrogens with one attached hydrogen (secondary N) is 1. The van der Waals surface area contributed by atoms with Crippen molar-refractivity contribution in [1.82, 2.24) is 5.32 Å². The second-order valence-corrected chi connectivity index (χ2v) is 6.13. The molecule has 0 aromatic rings. The molecule has 0 bridgehead atoms. The summed E-state index contributed by atoms with van der Waals surface area (Å²) in [5.41, 5.74) is -0.470. The quantitative estimate of drug-likeness (QED) is 0.442. The van der Waals surface area contributed by atoms with E-state index >= 15 is 0 Å². The van der Waals surface area contributed by atoms with Gasteiger partial charge < -0.3 is 19.5 Å². The molecule has 5 nitrogen and oxygen atoms in total. The smallest absolute Gasteiger partial charge is 0.407 e. The number of amides is 1. The zero-order valence-corrected chi connectivity index (χ0v) is 14.3. The van der Waals surface area contributed by atoms with Crippen LogP contribution in [0.2, 0.25) is 0 Å². The molecule has 0 saturated carbocycles. The van der Waals surface area contributed by atoms with Crippen LogP contribution in [0.15, 0.2) is 0 Å². The average Bonchev–Trinajstić information content (AvgIpc) is 2.38. The van der Waals surface area contributed by atoms with E-state index in [4.69, 9.17) is 25.8 Å². The van der Waals surface area contributed by atoms with Gasteiger partial charge in [-0.2, -0.15) is 0 Å². The van der Waals surface area contributed by atoms with Crippen molar-refractivity contribution in [3.05, 3.63) is 0 Å². The lowest BCUT2D eigenvalue weighted by atomic mass is 10.2. The van der Waals surface area contributed by atoms with Gasteiger partial charge in [0.25, 0.3) is 0 Å². The molecule has 0 rings (SSSR count). The minimum absolute atomic E-state index is 0.417. The summed E-state index contributed by atoms with van der Waals surface area (Å²) in [5, 5.41) is 2.63. The molecule has 0 aliphatic heterocycles. The van der Waals surface area contributed by atoms with Crippen LogP contribution in [0.5, 0.6) is 0 Å². The lowest BCUT2D eigenvalue weighted by molar-refractivity contribution is 0.0391. The third kappa shape index (κ3) is 17.4. The van der Waals surface area contributed by atoms with Crippen LogP contribution in [0, 0.1) is 0 Å². The molecule has 6 heteroatoms. The SMILES string of the molecule is CC(C)(C)OC(=O)NCCOCCOCCCCCCCl. The molecule has 126 valence electrons. The van der Waals surface area contributed by atoms with Crippen molar-refractivity contribution in [2.45, 2.75) is 52.1 Å². The Morgan fingerprint density at radius 3 is 2.19 bits per heavy atom. The van der Waals surface area contributed by atoms with E-state index in [1.54, 1.807) is 0 Å². The van der Waals surface area contributed by atoms with Gasteiger partial charge in [-0.05, 0) is 33.6 Å². The molecule has 0 heterocycles. The topological polar surface area (TPSA) is 56.8 Å². The normalized spacial score (nSPS) is 11.4. The van der Waals surface area contributed by atoms with E-state index < -0.39 is 11.7 Å². The van der Waals surface area contributed by atoms with Crippen molar-refractivity contribution in [2.75, 3.05) is 38.9 Å². The fourth-order valence-corrected chi connectivity index (χ4v) is 1.70. The molecule has 1 amide bonds. The predicted octanol–water partition coefficient (Wildman–Crippen LogP) is 3.34. The lowest BCUT2D eigenvalue weighted by Gasteiger charge is -2.19. The van der Waals surface area contributed by atoms with Crippen molar-refractivity contribution in [2.24, 2.45) is 0 Å². The maximum Gasteiger partial charge on any atom is 0.407 e. The molecule has 0 aliphatic carbocycles. The number of alkyl carbamates (subject to hydrolysis) is 1. The second-order valence-electron chi connectivity index (χ2n) is 5.76. The van der Waals surface area contributed by atoms with E-state index in [1.807, 2.05) is 20.8 Å². The molecule has 0 aromatic heterocycles. The summed E-state index contributed by atoms with van der Waals surface area (Å²) in [4.78, 5) is 11.3. The fourth-order valence-electron chi connectivity index (χ4n) is 1.51.